The SMILES string of the molecule is CC(C)(C)c1cc(N2C(=O)N(CI)CC2O)no1. The van der Waals surface area contributed by atoms with E-state index in [2.05, 4.69) is 27.7 Å². The molecular formula is C11H16IN3O3. The zero-order valence-electron chi connectivity index (χ0n) is 10.6. The van der Waals surface area contributed by atoms with E-state index < -0.39 is 6.23 Å². The zero-order valence-corrected chi connectivity index (χ0v) is 12.7. The number of aliphatic hydroxyl groups excluding tert-OH is 1. The molecular weight excluding hydrogens is 349 g/mol. The average molecular weight is 365 g/mol. The van der Waals surface area contributed by atoms with Gasteiger partial charge >= 0.3 is 6.03 Å². The van der Waals surface area contributed by atoms with Gasteiger partial charge in [0.2, 0.25) is 0 Å². The molecule has 7 heteroatoms. The van der Waals surface area contributed by atoms with Crippen LogP contribution in [0.5, 0.6) is 0 Å². The minimum atomic E-state index is -0.870. The highest BCUT2D eigenvalue weighted by Crippen LogP contribution is 2.29. The second-order valence-electron chi connectivity index (χ2n) is 5.27. The summed E-state index contributed by atoms with van der Waals surface area (Å²) in [7, 11) is 0. The third-order valence-corrected chi connectivity index (χ3v) is 3.61. The number of anilines is 1. The molecule has 1 saturated heterocycles. The van der Waals surface area contributed by atoms with E-state index in [4.69, 9.17) is 4.52 Å². The zero-order chi connectivity index (χ0) is 13.5. The molecule has 0 saturated carbocycles. The second kappa shape index (κ2) is 4.69. The van der Waals surface area contributed by atoms with Crippen LogP contribution in [0.3, 0.4) is 0 Å². The molecule has 1 aliphatic heterocycles. The number of carbonyl (C=O) groups is 1. The maximum Gasteiger partial charge on any atom is 0.328 e. The Morgan fingerprint density at radius 3 is 2.72 bits per heavy atom. The molecule has 1 unspecified atom stereocenters. The van der Waals surface area contributed by atoms with E-state index in [1.165, 1.54) is 4.90 Å². The van der Waals surface area contributed by atoms with Crippen LogP contribution in [0.2, 0.25) is 0 Å². The molecule has 1 fully saturated rings. The summed E-state index contributed by atoms with van der Waals surface area (Å²) in [6, 6.07) is 1.46. The highest BCUT2D eigenvalue weighted by molar-refractivity contribution is 14.1. The summed E-state index contributed by atoms with van der Waals surface area (Å²) < 4.78 is 5.77. The molecule has 2 heterocycles. The number of aliphatic hydroxyl groups is 1. The van der Waals surface area contributed by atoms with Crippen LogP contribution in [0.25, 0.3) is 0 Å². The summed E-state index contributed by atoms with van der Waals surface area (Å²) in [5, 5.41) is 13.8. The van der Waals surface area contributed by atoms with Crippen molar-refractivity contribution in [1.82, 2.24) is 10.1 Å². The molecule has 1 aromatic rings. The first-order valence-electron chi connectivity index (χ1n) is 5.64. The largest absolute Gasteiger partial charge is 0.371 e. The lowest BCUT2D eigenvalue weighted by atomic mass is 9.93. The molecule has 100 valence electrons. The first-order chi connectivity index (χ1) is 8.34. The van der Waals surface area contributed by atoms with Crippen molar-refractivity contribution in [1.29, 1.82) is 0 Å². The van der Waals surface area contributed by atoms with Gasteiger partial charge in [-0.05, 0) is 0 Å². The smallest absolute Gasteiger partial charge is 0.328 e. The van der Waals surface area contributed by atoms with E-state index in [0.29, 0.717) is 22.7 Å². The molecule has 1 aromatic heterocycles. The third-order valence-electron chi connectivity index (χ3n) is 2.79. The van der Waals surface area contributed by atoms with Crippen LogP contribution < -0.4 is 4.90 Å². The van der Waals surface area contributed by atoms with Crippen LogP contribution in [0.1, 0.15) is 26.5 Å². The van der Waals surface area contributed by atoms with Gasteiger partial charge in [0.25, 0.3) is 0 Å². The molecule has 1 N–H and O–H groups in total. The number of rotatable bonds is 2. The number of hydrogen-bond donors (Lipinski definition) is 1. The van der Waals surface area contributed by atoms with Gasteiger partial charge in [-0.3, -0.25) is 0 Å². The van der Waals surface area contributed by atoms with Gasteiger partial charge < -0.3 is 14.5 Å². The molecule has 0 aromatic carbocycles. The summed E-state index contributed by atoms with van der Waals surface area (Å²) in [6.45, 7) is 6.28. The van der Waals surface area contributed by atoms with Crippen molar-refractivity contribution in [2.24, 2.45) is 0 Å². The Morgan fingerprint density at radius 1 is 1.61 bits per heavy atom. The number of hydrogen-bond acceptors (Lipinski definition) is 4. The van der Waals surface area contributed by atoms with Crippen LogP contribution in [-0.2, 0) is 5.41 Å². The number of urea groups is 1. The number of β-amino-alcohol motifs (C(OH)–C–C–N with tert-alkyl or cyclic N) is 1. The van der Waals surface area contributed by atoms with E-state index in [1.807, 2.05) is 20.8 Å². The monoisotopic (exact) mass is 365 g/mol. The van der Waals surface area contributed by atoms with E-state index in [-0.39, 0.29) is 11.4 Å². The third kappa shape index (κ3) is 2.33. The molecule has 1 atom stereocenters. The molecule has 2 amide bonds. The van der Waals surface area contributed by atoms with Crippen molar-refractivity contribution in [3.8, 4) is 0 Å². The van der Waals surface area contributed by atoms with Crippen molar-refractivity contribution in [3.05, 3.63) is 11.8 Å². The molecule has 0 radical (unpaired) electrons. The van der Waals surface area contributed by atoms with Crippen molar-refractivity contribution >= 4 is 34.4 Å². The Bertz CT molecular complexity index is 455. The highest BCUT2D eigenvalue weighted by Gasteiger charge is 2.38. The summed E-state index contributed by atoms with van der Waals surface area (Å²) in [6.07, 6.45) is -0.870. The molecule has 0 aliphatic carbocycles. The molecule has 0 bridgehead atoms. The van der Waals surface area contributed by atoms with Gasteiger partial charge in [-0.25, -0.2) is 9.69 Å². The fraction of sp³-hybridized carbons (Fsp3) is 0.636. The Balaban J connectivity index is 2.27. The van der Waals surface area contributed by atoms with Crippen molar-refractivity contribution in [3.63, 3.8) is 0 Å². The lowest BCUT2D eigenvalue weighted by molar-refractivity contribution is 0.182. The van der Waals surface area contributed by atoms with Crippen LogP contribution in [0.15, 0.2) is 10.6 Å². The fourth-order valence-corrected chi connectivity index (χ4v) is 2.29. The number of halogens is 1. The quantitative estimate of drug-likeness (QED) is 0.494. The average Bonchev–Trinajstić information content (AvgIpc) is 2.83. The molecule has 1 aliphatic rings. The predicted octanol–water partition coefficient (Wildman–Crippen LogP) is 1.93. The fourth-order valence-electron chi connectivity index (χ4n) is 1.72. The first-order valence-corrected chi connectivity index (χ1v) is 7.16. The van der Waals surface area contributed by atoms with Crippen LogP contribution in [0, 0.1) is 0 Å². The number of nitrogens with zero attached hydrogens (tertiary/aromatic N) is 3. The van der Waals surface area contributed by atoms with E-state index in [1.54, 1.807) is 11.0 Å². The van der Waals surface area contributed by atoms with Gasteiger partial charge in [0.05, 0.1) is 11.1 Å². The van der Waals surface area contributed by atoms with Crippen molar-refractivity contribution in [2.45, 2.75) is 32.4 Å². The summed E-state index contributed by atoms with van der Waals surface area (Å²) in [4.78, 5) is 14.8. The van der Waals surface area contributed by atoms with Crippen LogP contribution in [0.4, 0.5) is 10.6 Å². The van der Waals surface area contributed by atoms with Crippen molar-refractivity contribution < 1.29 is 14.4 Å². The standard InChI is InChI=1S/C11H16IN3O3/c1-11(2,3)7-4-8(13-18-7)15-9(16)5-14(6-12)10(15)17/h4,9,16H,5-6H2,1-3H3. The summed E-state index contributed by atoms with van der Waals surface area (Å²) >= 11 is 2.09. The van der Waals surface area contributed by atoms with Gasteiger partial charge in [-0.1, -0.05) is 48.5 Å². The minimum Gasteiger partial charge on any atom is -0.371 e. The number of carbonyl (C=O) groups excluding carboxylic acids is 1. The number of alkyl halides is 1. The van der Waals surface area contributed by atoms with E-state index >= 15 is 0 Å². The lowest BCUT2D eigenvalue weighted by Crippen LogP contribution is -2.34. The number of amides is 2. The Labute approximate surface area is 119 Å². The first kappa shape index (κ1) is 13.6. The topological polar surface area (TPSA) is 69.8 Å². The number of aromatic nitrogens is 1. The Kier molecular flexibility index (Phi) is 3.54. The Morgan fingerprint density at radius 2 is 2.28 bits per heavy atom. The summed E-state index contributed by atoms with van der Waals surface area (Å²) in [5.74, 6) is 1.05. The summed E-state index contributed by atoms with van der Waals surface area (Å²) in [5.41, 5.74) is -0.179. The normalized spacial score (nSPS) is 20.9. The van der Waals surface area contributed by atoms with E-state index in [9.17, 15) is 9.90 Å². The molecule has 0 spiro atoms. The van der Waals surface area contributed by atoms with E-state index in [0.717, 1.165) is 0 Å². The van der Waals surface area contributed by atoms with Gasteiger partial charge in [0, 0.05) is 11.5 Å². The van der Waals surface area contributed by atoms with Gasteiger partial charge in [0.1, 0.15) is 5.76 Å². The Hall–Kier alpha value is -0.830. The highest BCUT2D eigenvalue weighted by atomic mass is 127. The molecule has 2 rings (SSSR count). The maximum absolute atomic E-state index is 12.0. The van der Waals surface area contributed by atoms with Crippen molar-refractivity contribution in [2.75, 3.05) is 16.0 Å². The van der Waals surface area contributed by atoms with Gasteiger partial charge in [0.15, 0.2) is 12.0 Å². The van der Waals surface area contributed by atoms with Gasteiger partial charge in [-0.2, -0.15) is 0 Å². The van der Waals surface area contributed by atoms with Gasteiger partial charge in [-0.15, -0.1) is 0 Å². The van der Waals surface area contributed by atoms with Crippen LogP contribution in [-0.4, -0.2) is 38.5 Å². The minimum absolute atomic E-state index is 0.179. The van der Waals surface area contributed by atoms with Crippen LogP contribution >= 0.6 is 22.6 Å². The molecule has 6 nitrogen and oxygen atoms in total. The predicted molar refractivity (Wildman–Crippen MR) is 74.7 cm³/mol. The second-order valence-corrected chi connectivity index (χ2v) is 5.96. The lowest BCUT2D eigenvalue weighted by Gasteiger charge is -2.15. The maximum atomic E-state index is 12.0. The molecule has 18 heavy (non-hydrogen) atoms.